The summed E-state index contributed by atoms with van der Waals surface area (Å²) in [6, 6.07) is 8.09. The van der Waals surface area contributed by atoms with Crippen molar-refractivity contribution in [1.82, 2.24) is 5.32 Å². The van der Waals surface area contributed by atoms with Crippen molar-refractivity contribution in [3.63, 3.8) is 0 Å². The first-order valence-electron chi connectivity index (χ1n) is 8.45. The zero-order valence-electron chi connectivity index (χ0n) is 14.1. The van der Waals surface area contributed by atoms with E-state index in [4.69, 9.17) is 4.74 Å². The van der Waals surface area contributed by atoms with Crippen molar-refractivity contribution < 1.29 is 14.6 Å². The van der Waals surface area contributed by atoms with Crippen LogP contribution in [0.4, 0.5) is 5.69 Å². The van der Waals surface area contributed by atoms with Crippen LogP contribution < -0.4 is 10.6 Å². The van der Waals surface area contributed by atoms with Crippen molar-refractivity contribution in [3.8, 4) is 0 Å². The molecule has 0 bridgehead atoms. The number of ether oxygens (including phenoxy) is 1. The lowest BCUT2D eigenvalue weighted by Crippen LogP contribution is -2.52. The fourth-order valence-corrected chi connectivity index (χ4v) is 2.99. The molecule has 1 aromatic rings. The number of nitrogens with one attached hydrogen (secondary N) is 2. The van der Waals surface area contributed by atoms with Gasteiger partial charge in [0.2, 0.25) is 5.91 Å². The molecule has 0 saturated heterocycles. The Balaban J connectivity index is 1.96. The maximum atomic E-state index is 12.7. The smallest absolute Gasteiger partial charge is 0.245 e. The van der Waals surface area contributed by atoms with Crippen LogP contribution in [0.15, 0.2) is 24.3 Å². The lowest BCUT2D eigenvalue weighted by Gasteiger charge is -2.30. The summed E-state index contributed by atoms with van der Waals surface area (Å²) in [6.45, 7) is 4.95. The Labute approximate surface area is 138 Å². The second-order valence-corrected chi connectivity index (χ2v) is 6.30. The first-order valence-corrected chi connectivity index (χ1v) is 8.45. The van der Waals surface area contributed by atoms with E-state index in [2.05, 4.69) is 10.6 Å². The van der Waals surface area contributed by atoms with Gasteiger partial charge in [0.05, 0.1) is 12.7 Å². The molecule has 0 aromatic heterocycles. The van der Waals surface area contributed by atoms with E-state index in [1.807, 2.05) is 38.1 Å². The van der Waals surface area contributed by atoms with Crippen molar-refractivity contribution in [1.29, 1.82) is 0 Å². The number of aryl methyl sites for hydroxylation is 1. The topological polar surface area (TPSA) is 70.6 Å². The molecule has 0 heterocycles. The fourth-order valence-electron chi connectivity index (χ4n) is 2.99. The van der Waals surface area contributed by atoms with E-state index in [1.165, 1.54) is 5.56 Å². The molecule has 3 N–H and O–H groups in total. The standard InChI is InChI=1S/C18H28N2O3/c1-3-23-13-16(21)12-19-17(22)18(10-4-5-11-18)20-15-8-6-14(2)7-9-15/h6-9,16,20-21H,3-5,10-13H2,1-2H3,(H,19,22)/t16-/m0/s1. The maximum Gasteiger partial charge on any atom is 0.245 e. The minimum atomic E-state index is -0.670. The van der Waals surface area contributed by atoms with Crippen LogP contribution in [0.3, 0.4) is 0 Å². The van der Waals surface area contributed by atoms with Crippen molar-refractivity contribution in [3.05, 3.63) is 29.8 Å². The molecular weight excluding hydrogens is 292 g/mol. The Hall–Kier alpha value is -1.59. The van der Waals surface area contributed by atoms with Gasteiger partial charge in [0.15, 0.2) is 0 Å². The third kappa shape index (κ3) is 4.94. The number of anilines is 1. The average Bonchev–Trinajstić information content (AvgIpc) is 3.02. The zero-order chi connectivity index (χ0) is 16.7. The van der Waals surface area contributed by atoms with E-state index < -0.39 is 11.6 Å². The molecule has 5 nitrogen and oxygen atoms in total. The van der Waals surface area contributed by atoms with E-state index >= 15 is 0 Å². The van der Waals surface area contributed by atoms with Crippen molar-refractivity contribution in [2.24, 2.45) is 0 Å². The molecular formula is C18H28N2O3. The molecule has 0 aliphatic heterocycles. The Kier molecular flexibility index (Phi) is 6.42. The Morgan fingerprint density at radius 3 is 2.57 bits per heavy atom. The van der Waals surface area contributed by atoms with Crippen molar-refractivity contribution >= 4 is 11.6 Å². The number of hydrogen-bond acceptors (Lipinski definition) is 4. The Bertz CT molecular complexity index is 495. The fraction of sp³-hybridized carbons (Fsp3) is 0.611. The highest BCUT2D eigenvalue weighted by molar-refractivity contribution is 5.89. The molecule has 5 heteroatoms. The van der Waals surface area contributed by atoms with Gasteiger partial charge in [0, 0.05) is 18.8 Å². The predicted octanol–water partition coefficient (Wildman–Crippen LogP) is 2.23. The van der Waals surface area contributed by atoms with Gasteiger partial charge in [-0.25, -0.2) is 0 Å². The molecule has 0 spiro atoms. The van der Waals surface area contributed by atoms with Crippen LogP contribution in [0.5, 0.6) is 0 Å². The van der Waals surface area contributed by atoms with E-state index in [0.717, 1.165) is 31.4 Å². The number of aliphatic hydroxyl groups excluding tert-OH is 1. The summed E-state index contributed by atoms with van der Waals surface area (Å²) in [5, 5.41) is 16.1. The number of amides is 1. The van der Waals surface area contributed by atoms with Crippen LogP contribution in [0.2, 0.25) is 0 Å². The molecule has 128 valence electrons. The van der Waals surface area contributed by atoms with E-state index in [0.29, 0.717) is 6.61 Å². The first kappa shape index (κ1) is 17.8. The molecule has 1 aromatic carbocycles. The highest BCUT2D eigenvalue weighted by atomic mass is 16.5. The normalized spacial score (nSPS) is 17.7. The van der Waals surface area contributed by atoms with Gasteiger partial charge in [-0.1, -0.05) is 30.5 Å². The molecule has 1 saturated carbocycles. The van der Waals surface area contributed by atoms with Gasteiger partial charge in [-0.15, -0.1) is 0 Å². The van der Waals surface area contributed by atoms with Crippen LogP contribution in [-0.2, 0) is 9.53 Å². The number of hydrogen-bond donors (Lipinski definition) is 3. The van der Waals surface area contributed by atoms with Crippen LogP contribution in [0.1, 0.15) is 38.2 Å². The number of rotatable bonds is 8. The summed E-state index contributed by atoms with van der Waals surface area (Å²) in [6.07, 6.45) is 3.03. The molecule has 23 heavy (non-hydrogen) atoms. The van der Waals surface area contributed by atoms with Crippen molar-refractivity contribution in [2.45, 2.75) is 51.2 Å². The summed E-state index contributed by atoms with van der Waals surface area (Å²) in [7, 11) is 0. The lowest BCUT2D eigenvalue weighted by atomic mass is 9.95. The highest BCUT2D eigenvalue weighted by Gasteiger charge is 2.41. The van der Waals surface area contributed by atoms with E-state index in [-0.39, 0.29) is 19.1 Å². The second-order valence-electron chi connectivity index (χ2n) is 6.30. The van der Waals surface area contributed by atoms with Gasteiger partial charge in [-0.05, 0) is 38.8 Å². The number of aliphatic hydroxyl groups is 1. The van der Waals surface area contributed by atoms with Crippen LogP contribution in [0, 0.1) is 6.92 Å². The van der Waals surface area contributed by atoms with Crippen LogP contribution in [0.25, 0.3) is 0 Å². The Morgan fingerprint density at radius 1 is 1.30 bits per heavy atom. The third-order valence-corrected chi connectivity index (χ3v) is 4.34. The molecule has 1 aliphatic rings. The third-order valence-electron chi connectivity index (χ3n) is 4.34. The SMILES string of the molecule is CCOC[C@@H](O)CNC(=O)C1(Nc2ccc(C)cc2)CCCC1. The largest absolute Gasteiger partial charge is 0.389 e. The van der Waals surface area contributed by atoms with Crippen molar-refractivity contribution in [2.75, 3.05) is 25.1 Å². The number of carbonyl (C=O) groups excluding carboxylic acids is 1. The number of benzene rings is 1. The monoisotopic (exact) mass is 320 g/mol. The van der Waals surface area contributed by atoms with Crippen LogP contribution >= 0.6 is 0 Å². The van der Waals surface area contributed by atoms with Gasteiger partial charge in [-0.3, -0.25) is 4.79 Å². The maximum absolute atomic E-state index is 12.7. The van der Waals surface area contributed by atoms with Gasteiger partial charge in [-0.2, -0.15) is 0 Å². The summed E-state index contributed by atoms with van der Waals surface area (Å²) in [5.74, 6) is -0.0360. The molecule has 1 fully saturated rings. The van der Waals surface area contributed by atoms with Crippen LogP contribution in [-0.4, -0.2) is 42.4 Å². The summed E-state index contributed by atoms with van der Waals surface area (Å²) in [5.41, 5.74) is 1.59. The average molecular weight is 320 g/mol. The minimum absolute atomic E-state index is 0.0360. The molecule has 2 rings (SSSR count). The van der Waals surface area contributed by atoms with Gasteiger partial charge < -0.3 is 20.5 Å². The zero-order valence-corrected chi connectivity index (χ0v) is 14.1. The summed E-state index contributed by atoms with van der Waals surface area (Å²) in [4.78, 5) is 12.7. The molecule has 1 atom stereocenters. The van der Waals surface area contributed by atoms with E-state index in [9.17, 15) is 9.90 Å². The Morgan fingerprint density at radius 2 is 1.96 bits per heavy atom. The van der Waals surface area contributed by atoms with E-state index in [1.54, 1.807) is 0 Å². The minimum Gasteiger partial charge on any atom is -0.389 e. The predicted molar refractivity (Wildman–Crippen MR) is 91.5 cm³/mol. The summed E-state index contributed by atoms with van der Waals surface area (Å²) >= 11 is 0. The highest BCUT2D eigenvalue weighted by Crippen LogP contribution is 2.33. The van der Waals surface area contributed by atoms with Gasteiger partial charge in [0.25, 0.3) is 0 Å². The summed E-state index contributed by atoms with van der Waals surface area (Å²) < 4.78 is 5.17. The van der Waals surface area contributed by atoms with Gasteiger partial charge >= 0.3 is 0 Å². The quantitative estimate of drug-likeness (QED) is 0.687. The van der Waals surface area contributed by atoms with Gasteiger partial charge in [0.1, 0.15) is 5.54 Å². The molecule has 1 aliphatic carbocycles. The lowest BCUT2D eigenvalue weighted by molar-refractivity contribution is -0.126. The number of carbonyl (C=O) groups is 1. The first-order chi connectivity index (χ1) is 11.1. The molecule has 0 radical (unpaired) electrons. The molecule has 0 unspecified atom stereocenters. The molecule has 1 amide bonds. The second kappa shape index (κ2) is 8.31.